The Bertz CT molecular complexity index is 1220. The monoisotopic (exact) mass is 428 g/mol. The molecule has 3 aromatic carbocycles. The fourth-order valence-electron chi connectivity index (χ4n) is 3.21. The second-order valence-electron chi connectivity index (χ2n) is 6.84. The van der Waals surface area contributed by atoms with Gasteiger partial charge in [-0.3, -0.25) is 4.79 Å². The number of halogens is 1. The number of benzene rings is 3. The van der Waals surface area contributed by atoms with Gasteiger partial charge in [-0.25, -0.2) is 4.68 Å². The van der Waals surface area contributed by atoms with Crippen LogP contribution in [0.25, 0.3) is 5.69 Å². The van der Waals surface area contributed by atoms with E-state index in [2.05, 4.69) is 21.6 Å². The molecule has 4 rings (SSSR count). The maximum absolute atomic E-state index is 13.3. The molecule has 0 aliphatic rings. The lowest BCUT2D eigenvalue weighted by atomic mass is 10.1. The zero-order valence-corrected chi connectivity index (χ0v) is 17.1. The summed E-state index contributed by atoms with van der Waals surface area (Å²) in [5.41, 5.74) is 3.47. The van der Waals surface area contributed by atoms with E-state index in [4.69, 9.17) is 11.6 Å². The first-order valence-electron chi connectivity index (χ1n) is 9.50. The molecule has 0 saturated heterocycles. The summed E-state index contributed by atoms with van der Waals surface area (Å²) in [5.74, 6) is -0.141. The number of hydrogen-bond acceptors (Lipinski definition) is 5. The van der Waals surface area contributed by atoms with Gasteiger partial charge in [0, 0.05) is 5.02 Å². The molecule has 4 aromatic rings. The third-order valence-corrected chi connectivity index (χ3v) is 5.00. The Morgan fingerprint density at radius 1 is 1.03 bits per heavy atom. The van der Waals surface area contributed by atoms with Crippen LogP contribution < -0.4 is 4.90 Å². The largest absolute Gasteiger partial charge is 0.306 e. The van der Waals surface area contributed by atoms with Crippen molar-refractivity contribution in [2.24, 2.45) is 0 Å². The standard InChI is InChI=1S/C23H17ClN6O/c24-20-9-8-19(14-25)22(13-20)29(15-18-4-2-1-3-5-18)23(31)12-17-6-10-21(11-7-17)30-16-26-27-28-30/h1-11,13,16H,12,15H2. The molecule has 0 aliphatic heterocycles. The maximum atomic E-state index is 13.3. The van der Waals surface area contributed by atoms with Gasteiger partial charge in [0.05, 0.1) is 29.9 Å². The van der Waals surface area contributed by atoms with Crippen molar-refractivity contribution in [3.8, 4) is 11.8 Å². The first kappa shape index (κ1) is 20.3. The minimum Gasteiger partial charge on any atom is -0.306 e. The number of hydrogen-bond donors (Lipinski definition) is 0. The van der Waals surface area contributed by atoms with Crippen LogP contribution in [0.5, 0.6) is 0 Å². The number of rotatable bonds is 6. The van der Waals surface area contributed by atoms with Gasteiger partial charge in [-0.1, -0.05) is 54.1 Å². The summed E-state index contributed by atoms with van der Waals surface area (Å²) in [7, 11) is 0. The van der Waals surface area contributed by atoms with Crippen molar-refractivity contribution < 1.29 is 4.79 Å². The van der Waals surface area contributed by atoms with E-state index in [1.54, 1.807) is 27.8 Å². The summed E-state index contributed by atoms with van der Waals surface area (Å²) < 4.78 is 1.54. The van der Waals surface area contributed by atoms with Crippen LogP contribution >= 0.6 is 11.6 Å². The maximum Gasteiger partial charge on any atom is 0.231 e. The average Bonchev–Trinajstić information content (AvgIpc) is 3.33. The number of nitrogens with zero attached hydrogens (tertiary/aromatic N) is 6. The van der Waals surface area contributed by atoms with E-state index in [1.807, 2.05) is 54.6 Å². The molecular formula is C23H17ClN6O. The van der Waals surface area contributed by atoms with Gasteiger partial charge in [0.2, 0.25) is 5.91 Å². The number of nitriles is 1. The van der Waals surface area contributed by atoms with E-state index < -0.39 is 0 Å². The van der Waals surface area contributed by atoms with Crippen LogP contribution in [0.3, 0.4) is 0 Å². The molecule has 0 unspecified atom stereocenters. The number of carbonyl (C=O) groups excluding carboxylic acids is 1. The van der Waals surface area contributed by atoms with Crippen molar-refractivity contribution in [3.63, 3.8) is 0 Å². The van der Waals surface area contributed by atoms with Crippen molar-refractivity contribution in [1.82, 2.24) is 20.2 Å². The molecule has 0 aliphatic carbocycles. The van der Waals surface area contributed by atoms with Crippen LogP contribution in [0.15, 0.2) is 79.1 Å². The zero-order valence-electron chi connectivity index (χ0n) is 16.4. The second kappa shape index (κ2) is 9.20. The van der Waals surface area contributed by atoms with Gasteiger partial charge in [-0.05, 0) is 51.9 Å². The molecule has 0 atom stereocenters. The molecule has 152 valence electrons. The summed E-state index contributed by atoms with van der Waals surface area (Å²) in [6.07, 6.45) is 1.67. The van der Waals surface area contributed by atoms with Crippen LogP contribution in [0.4, 0.5) is 5.69 Å². The predicted octanol–water partition coefficient (Wildman–Crippen LogP) is 3.96. The first-order valence-corrected chi connectivity index (χ1v) is 9.88. The van der Waals surface area contributed by atoms with Gasteiger partial charge in [0.25, 0.3) is 0 Å². The number of aromatic nitrogens is 4. The Balaban J connectivity index is 1.62. The molecule has 7 nitrogen and oxygen atoms in total. The summed E-state index contributed by atoms with van der Waals surface area (Å²) in [5, 5.41) is 21.1. The van der Waals surface area contributed by atoms with Gasteiger partial charge in [0.1, 0.15) is 12.4 Å². The van der Waals surface area contributed by atoms with Crippen molar-refractivity contribution in [2.45, 2.75) is 13.0 Å². The predicted molar refractivity (Wildman–Crippen MR) is 117 cm³/mol. The van der Waals surface area contributed by atoms with E-state index in [0.717, 1.165) is 16.8 Å². The summed E-state index contributed by atoms with van der Waals surface area (Å²) in [4.78, 5) is 15.0. The third-order valence-electron chi connectivity index (χ3n) is 4.76. The molecular weight excluding hydrogens is 412 g/mol. The van der Waals surface area contributed by atoms with Crippen LogP contribution in [-0.2, 0) is 17.8 Å². The van der Waals surface area contributed by atoms with E-state index in [0.29, 0.717) is 22.8 Å². The molecule has 0 saturated carbocycles. The third kappa shape index (κ3) is 4.77. The minimum atomic E-state index is -0.141. The molecule has 8 heteroatoms. The van der Waals surface area contributed by atoms with Crippen LogP contribution in [0, 0.1) is 11.3 Å². The van der Waals surface area contributed by atoms with E-state index in [9.17, 15) is 10.1 Å². The quantitative estimate of drug-likeness (QED) is 0.463. The molecule has 1 heterocycles. The fraction of sp³-hybridized carbons (Fsp3) is 0.0870. The van der Waals surface area contributed by atoms with E-state index in [1.165, 1.54) is 6.33 Å². The zero-order chi connectivity index (χ0) is 21.6. The Hall–Kier alpha value is -4.02. The van der Waals surface area contributed by atoms with Gasteiger partial charge in [0.15, 0.2) is 0 Å². The number of carbonyl (C=O) groups is 1. The number of tetrazole rings is 1. The topological polar surface area (TPSA) is 87.7 Å². The number of amides is 1. The summed E-state index contributed by atoms with van der Waals surface area (Å²) in [6.45, 7) is 0.331. The van der Waals surface area contributed by atoms with Crippen molar-refractivity contribution in [3.05, 3.63) is 101 Å². The van der Waals surface area contributed by atoms with Crippen LogP contribution in [0.1, 0.15) is 16.7 Å². The van der Waals surface area contributed by atoms with Crippen molar-refractivity contribution in [2.75, 3.05) is 4.90 Å². The smallest absolute Gasteiger partial charge is 0.231 e. The fourth-order valence-corrected chi connectivity index (χ4v) is 3.38. The molecule has 0 bridgehead atoms. The highest BCUT2D eigenvalue weighted by molar-refractivity contribution is 6.31. The van der Waals surface area contributed by atoms with Gasteiger partial charge >= 0.3 is 0 Å². The molecule has 0 fully saturated rings. The van der Waals surface area contributed by atoms with Gasteiger partial charge in [-0.2, -0.15) is 5.26 Å². The highest BCUT2D eigenvalue weighted by atomic mass is 35.5. The number of anilines is 1. The van der Waals surface area contributed by atoms with Gasteiger partial charge in [-0.15, -0.1) is 5.10 Å². The van der Waals surface area contributed by atoms with E-state index in [-0.39, 0.29) is 12.3 Å². The Kier molecular flexibility index (Phi) is 6.01. The Morgan fingerprint density at radius 3 is 2.48 bits per heavy atom. The molecule has 31 heavy (non-hydrogen) atoms. The molecule has 0 spiro atoms. The highest BCUT2D eigenvalue weighted by Crippen LogP contribution is 2.27. The van der Waals surface area contributed by atoms with Gasteiger partial charge < -0.3 is 4.90 Å². The Labute approximate surface area is 184 Å². The lowest BCUT2D eigenvalue weighted by Crippen LogP contribution is -2.32. The molecule has 0 radical (unpaired) electrons. The SMILES string of the molecule is N#Cc1ccc(Cl)cc1N(Cc1ccccc1)C(=O)Cc1ccc(-n2cnnn2)cc1. The minimum absolute atomic E-state index is 0.141. The van der Waals surface area contributed by atoms with Crippen LogP contribution in [-0.4, -0.2) is 26.1 Å². The average molecular weight is 429 g/mol. The molecule has 1 amide bonds. The highest BCUT2D eigenvalue weighted by Gasteiger charge is 2.20. The Morgan fingerprint density at radius 2 is 1.81 bits per heavy atom. The van der Waals surface area contributed by atoms with Crippen molar-refractivity contribution in [1.29, 1.82) is 5.26 Å². The second-order valence-corrected chi connectivity index (χ2v) is 7.27. The normalized spacial score (nSPS) is 10.5. The molecule has 0 N–H and O–H groups in total. The summed E-state index contributed by atoms with van der Waals surface area (Å²) >= 11 is 6.19. The summed E-state index contributed by atoms with van der Waals surface area (Å²) in [6, 6.07) is 24.1. The first-order chi connectivity index (χ1) is 15.1. The lowest BCUT2D eigenvalue weighted by molar-refractivity contribution is -0.118. The molecule has 1 aromatic heterocycles. The lowest BCUT2D eigenvalue weighted by Gasteiger charge is -2.24. The van der Waals surface area contributed by atoms with E-state index >= 15 is 0 Å². The van der Waals surface area contributed by atoms with Crippen LogP contribution in [0.2, 0.25) is 5.02 Å². The van der Waals surface area contributed by atoms with Crippen molar-refractivity contribution >= 4 is 23.2 Å².